The van der Waals surface area contributed by atoms with Crippen molar-refractivity contribution in [3.05, 3.63) is 193 Å². The maximum absolute atomic E-state index is 5.28. The van der Waals surface area contributed by atoms with Crippen LogP contribution in [-0.4, -0.2) is 9.97 Å². The molecule has 2 heteroatoms. The predicted octanol–water partition coefficient (Wildman–Crippen LogP) is 13.4. The summed E-state index contributed by atoms with van der Waals surface area (Å²) in [6.07, 6.45) is 0. The molecule has 1 heterocycles. The number of aromatic nitrogens is 2. The van der Waals surface area contributed by atoms with Gasteiger partial charge in [0.15, 0.2) is 5.82 Å². The minimum absolute atomic E-state index is 0.126. The van der Waals surface area contributed by atoms with Crippen LogP contribution in [0.2, 0.25) is 0 Å². The second kappa shape index (κ2) is 12.3. The molecule has 0 radical (unpaired) electrons. The van der Waals surface area contributed by atoms with Crippen LogP contribution < -0.4 is 0 Å². The molecule has 0 amide bonds. The van der Waals surface area contributed by atoms with E-state index in [0.717, 1.165) is 39.2 Å². The van der Waals surface area contributed by atoms with Gasteiger partial charge in [-0.1, -0.05) is 190 Å². The molecular weight excluding hydrogens is 641 g/mol. The molecule has 0 aliphatic heterocycles. The molecule has 0 N–H and O–H groups in total. The van der Waals surface area contributed by atoms with Crippen LogP contribution in [0.5, 0.6) is 0 Å². The van der Waals surface area contributed by atoms with E-state index >= 15 is 0 Å². The number of benzene rings is 8. The Morgan fingerprint density at radius 2 is 0.925 bits per heavy atom. The molecule has 1 aromatic heterocycles. The molecule has 0 spiro atoms. The Morgan fingerprint density at radius 3 is 1.68 bits per heavy atom. The zero-order chi connectivity index (χ0) is 35.5. The fourth-order valence-corrected chi connectivity index (χ4v) is 8.65. The van der Waals surface area contributed by atoms with Crippen molar-refractivity contribution in [3.8, 4) is 67.3 Å². The molecule has 53 heavy (non-hydrogen) atoms. The molecule has 9 aromatic rings. The molecule has 1 aliphatic rings. The summed E-state index contributed by atoms with van der Waals surface area (Å²) >= 11 is 0. The Hall–Kier alpha value is -6.64. The van der Waals surface area contributed by atoms with Crippen LogP contribution in [0.1, 0.15) is 25.0 Å². The van der Waals surface area contributed by atoms with Crippen molar-refractivity contribution < 1.29 is 0 Å². The van der Waals surface area contributed by atoms with Gasteiger partial charge < -0.3 is 0 Å². The SMILES string of the molecule is CC1(C)c2cccc(-c3ccc(-c4cc(-c5ccccc5-c5ccccc5)nc(-c5ccccc5)n4)c4ccccc34)c2-c2ccc3ccccc3c21. The number of hydrogen-bond acceptors (Lipinski definition) is 2. The molecule has 2 nitrogen and oxygen atoms in total. The van der Waals surface area contributed by atoms with E-state index in [1.54, 1.807) is 0 Å². The van der Waals surface area contributed by atoms with Crippen LogP contribution in [0, 0.1) is 0 Å². The van der Waals surface area contributed by atoms with Gasteiger partial charge in [0, 0.05) is 22.1 Å². The first-order valence-corrected chi connectivity index (χ1v) is 18.3. The van der Waals surface area contributed by atoms with Gasteiger partial charge in [-0.2, -0.15) is 0 Å². The third kappa shape index (κ3) is 5.02. The quantitative estimate of drug-likeness (QED) is 0.181. The largest absolute Gasteiger partial charge is 0.228 e. The van der Waals surface area contributed by atoms with Crippen LogP contribution in [0.4, 0.5) is 0 Å². The summed E-state index contributed by atoms with van der Waals surface area (Å²) in [5.74, 6) is 0.709. The average molecular weight is 677 g/mol. The monoisotopic (exact) mass is 676 g/mol. The Balaban J connectivity index is 1.19. The zero-order valence-corrected chi connectivity index (χ0v) is 29.7. The third-order valence-corrected chi connectivity index (χ3v) is 11.1. The number of hydrogen-bond donors (Lipinski definition) is 0. The number of nitrogens with zero attached hydrogens (tertiary/aromatic N) is 2. The van der Waals surface area contributed by atoms with Gasteiger partial charge in [0.1, 0.15) is 0 Å². The van der Waals surface area contributed by atoms with Gasteiger partial charge >= 0.3 is 0 Å². The van der Waals surface area contributed by atoms with Crippen molar-refractivity contribution in [2.75, 3.05) is 0 Å². The summed E-state index contributed by atoms with van der Waals surface area (Å²) in [7, 11) is 0. The highest BCUT2D eigenvalue weighted by molar-refractivity contribution is 6.09. The van der Waals surface area contributed by atoms with Gasteiger partial charge in [0.2, 0.25) is 0 Å². The highest BCUT2D eigenvalue weighted by Gasteiger charge is 2.38. The third-order valence-electron chi connectivity index (χ3n) is 11.1. The van der Waals surface area contributed by atoms with Crippen LogP contribution in [0.3, 0.4) is 0 Å². The summed E-state index contributed by atoms with van der Waals surface area (Å²) < 4.78 is 0. The second-order valence-electron chi connectivity index (χ2n) is 14.5. The minimum atomic E-state index is -0.126. The van der Waals surface area contributed by atoms with Gasteiger partial charge in [0.25, 0.3) is 0 Å². The van der Waals surface area contributed by atoms with E-state index < -0.39 is 0 Å². The maximum Gasteiger partial charge on any atom is 0.160 e. The Kier molecular flexibility index (Phi) is 7.19. The maximum atomic E-state index is 5.28. The fourth-order valence-electron chi connectivity index (χ4n) is 8.65. The first-order chi connectivity index (χ1) is 26.1. The van der Waals surface area contributed by atoms with Crippen LogP contribution >= 0.6 is 0 Å². The van der Waals surface area contributed by atoms with E-state index in [0.29, 0.717) is 5.82 Å². The summed E-state index contributed by atoms with van der Waals surface area (Å²) in [5, 5.41) is 4.99. The van der Waals surface area contributed by atoms with Crippen LogP contribution in [0.15, 0.2) is 182 Å². The van der Waals surface area contributed by atoms with Gasteiger partial charge in [-0.3, -0.25) is 0 Å². The Bertz CT molecular complexity index is 2850. The molecule has 250 valence electrons. The predicted molar refractivity (Wildman–Crippen MR) is 222 cm³/mol. The van der Waals surface area contributed by atoms with Gasteiger partial charge in [-0.15, -0.1) is 0 Å². The lowest BCUT2D eigenvalue weighted by Crippen LogP contribution is -2.15. The summed E-state index contributed by atoms with van der Waals surface area (Å²) in [5.41, 5.74) is 15.1. The van der Waals surface area contributed by atoms with Crippen molar-refractivity contribution in [1.29, 1.82) is 0 Å². The standard InChI is InChI=1S/C51H36N2/c1-51(2)45-27-15-26-43(48(45)44-29-28-34-18-9-10-22-37(34)49(44)51)40-30-31-42(39-24-13-12-23-38(39)40)47-32-46(52-50(53-47)35-19-7-4-8-20-35)41-25-14-11-21-36(41)33-16-5-3-6-17-33/h3-32H,1-2H3. The molecule has 1 aliphatic carbocycles. The van der Waals surface area contributed by atoms with Gasteiger partial charge in [0.05, 0.1) is 11.4 Å². The summed E-state index contributed by atoms with van der Waals surface area (Å²) in [6.45, 7) is 4.75. The lowest BCUT2D eigenvalue weighted by atomic mass is 9.80. The number of fused-ring (bicyclic) bond motifs is 6. The van der Waals surface area contributed by atoms with Crippen molar-refractivity contribution in [2.24, 2.45) is 0 Å². The highest BCUT2D eigenvalue weighted by Crippen LogP contribution is 2.55. The molecule has 8 aromatic carbocycles. The second-order valence-corrected chi connectivity index (χ2v) is 14.5. The molecule has 0 bridgehead atoms. The Morgan fingerprint density at radius 1 is 0.377 bits per heavy atom. The topological polar surface area (TPSA) is 25.8 Å². The minimum Gasteiger partial charge on any atom is -0.228 e. The lowest BCUT2D eigenvalue weighted by Gasteiger charge is -2.23. The van der Waals surface area contributed by atoms with E-state index in [9.17, 15) is 0 Å². The first kappa shape index (κ1) is 31.1. The smallest absolute Gasteiger partial charge is 0.160 e. The van der Waals surface area contributed by atoms with E-state index in [-0.39, 0.29) is 5.41 Å². The van der Waals surface area contributed by atoms with E-state index in [2.05, 4.69) is 178 Å². The molecule has 0 saturated heterocycles. The average Bonchev–Trinajstić information content (AvgIpc) is 3.47. The van der Waals surface area contributed by atoms with E-state index in [1.165, 1.54) is 54.9 Å². The molecule has 0 saturated carbocycles. The van der Waals surface area contributed by atoms with Crippen molar-refractivity contribution in [1.82, 2.24) is 9.97 Å². The fraction of sp³-hybridized carbons (Fsp3) is 0.0588. The van der Waals surface area contributed by atoms with E-state index in [4.69, 9.17) is 9.97 Å². The Labute approximate surface area is 310 Å². The zero-order valence-electron chi connectivity index (χ0n) is 29.7. The molecular formula is C51H36N2. The molecule has 0 atom stereocenters. The van der Waals surface area contributed by atoms with Crippen molar-refractivity contribution in [2.45, 2.75) is 19.3 Å². The normalized spacial score (nSPS) is 12.9. The van der Waals surface area contributed by atoms with Gasteiger partial charge in [-0.05, 0) is 72.1 Å². The van der Waals surface area contributed by atoms with Crippen molar-refractivity contribution in [3.63, 3.8) is 0 Å². The molecule has 0 unspecified atom stereocenters. The van der Waals surface area contributed by atoms with Gasteiger partial charge in [-0.25, -0.2) is 9.97 Å². The summed E-state index contributed by atoms with van der Waals surface area (Å²) in [6, 6.07) is 65.2. The summed E-state index contributed by atoms with van der Waals surface area (Å²) in [4.78, 5) is 10.5. The highest BCUT2D eigenvalue weighted by atomic mass is 14.9. The molecule has 0 fully saturated rings. The van der Waals surface area contributed by atoms with Crippen LogP contribution in [0.25, 0.3) is 88.8 Å². The number of rotatable bonds is 5. The van der Waals surface area contributed by atoms with Crippen molar-refractivity contribution >= 4 is 21.5 Å². The first-order valence-electron chi connectivity index (χ1n) is 18.3. The lowest BCUT2D eigenvalue weighted by molar-refractivity contribution is 0.666. The molecule has 10 rings (SSSR count). The van der Waals surface area contributed by atoms with E-state index in [1.807, 2.05) is 18.2 Å². The van der Waals surface area contributed by atoms with Crippen LogP contribution in [-0.2, 0) is 5.41 Å².